The number of rotatable bonds is 5. The first kappa shape index (κ1) is 16.6. The molecule has 0 amide bonds. The summed E-state index contributed by atoms with van der Waals surface area (Å²) in [5.41, 5.74) is 4.35. The van der Waals surface area contributed by atoms with E-state index in [2.05, 4.69) is 31.8 Å². The number of hydrogen-bond acceptors (Lipinski definition) is 5. The van der Waals surface area contributed by atoms with Crippen LogP contribution in [0.25, 0.3) is 17.1 Å². The average molecular weight is 373 g/mol. The van der Waals surface area contributed by atoms with E-state index in [9.17, 15) is 0 Å². The van der Waals surface area contributed by atoms with E-state index < -0.39 is 0 Å². The quantitative estimate of drug-likeness (QED) is 0.538. The average Bonchev–Trinajstić information content (AvgIpc) is 3.48. The Morgan fingerprint density at radius 3 is 3.04 bits per heavy atom. The van der Waals surface area contributed by atoms with Gasteiger partial charge in [0, 0.05) is 35.5 Å². The smallest absolute Gasteiger partial charge is 0.144 e. The summed E-state index contributed by atoms with van der Waals surface area (Å²) in [7, 11) is 1.67. The SMILES string of the molecule is COc1ccc(-c2nccn2-c2cccc3c2CCO3)cc1Cn1cncn1. The van der Waals surface area contributed by atoms with Gasteiger partial charge in [-0.15, -0.1) is 0 Å². The van der Waals surface area contributed by atoms with Gasteiger partial charge in [-0.05, 0) is 30.3 Å². The number of ether oxygens (including phenoxy) is 2. The fourth-order valence-corrected chi connectivity index (χ4v) is 3.67. The molecule has 5 rings (SSSR count). The minimum atomic E-state index is 0.576. The first-order valence-corrected chi connectivity index (χ1v) is 9.11. The van der Waals surface area contributed by atoms with Crippen molar-refractivity contribution in [3.8, 4) is 28.6 Å². The van der Waals surface area contributed by atoms with Crippen molar-refractivity contribution in [1.82, 2.24) is 24.3 Å². The highest BCUT2D eigenvalue weighted by Crippen LogP contribution is 2.33. The van der Waals surface area contributed by atoms with Gasteiger partial charge in [0.25, 0.3) is 0 Å². The number of hydrogen-bond donors (Lipinski definition) is 0. The van der Waals surface area contributed by atoms with E-state index >= 15 is 0 Å². The largest absolute Gasteiger partial charge is 0.496 e. The summed E-state index contributed by atoms with van der Waals surface area (Å²) < 4.78 is 15.2. The minimum Gasteiger partial charge on any atom is -0.496 e. The molecule has 0 unspecified atom stereocenters. The fourth-order valence-electron chi connectivity index (χ4n) is 3.67. The van der Waals surface area contributed by atoms with Gasteiger partial charge < -0.3 is 9.47 Å². The van der Waals surface area contributed by atoms with Crippen LogP contribution in [0.2, 0.25) is 0 Å². The zero-order chi connectivity index (χ0) is 18.9. The highest BCUT2D eigenvalue weighted by atomic mass is 16.5. The molecule has 2 aromatic heterocycles. The van der Waals surface area contributed by atoms with Crippen molar-refractivity contribution in [2.45, 2.75) is 13.0 Å². The van der Waals surface area contributed by atoms with E-state index in [1.807, 2.05) is 36.7 Å². The van der Waals surface area contributed by atoms with E-state index in [0.717, 1.165) is 47.2 Å². The van der Waals surface area contributed by atoms with Crippen molar-refractivity contribution in [2.24, 2.45) is 0 Å². The van der Waals surface area contributed by atoms with Gasteiger partial charge in [-0.3, -0.25) is 4.57 Å². The molecule has 7 nitrogen and oxygen atoms in total. The third-order valence-electron chi connectivity index (χ3n) is 4.96. The first-order chi connectivity index (χ1) is 13.8. The lowest BCUT2D eigenvalue weighted by Gasteiger charge is -2.14. The molecule has 140 valence electrons. The molecule has 0 bridgehead atoms. The van der Waals surface area contributed by atoms with Crippen LogP contribution >= 0.6 is 0 Å². The molecule has 0 radical (unpaired) electrons. The summed E-state index contributed by atoms with van der Waals surface area (Å²) in [6.07, 6.45) is 7.95. The van der Waals surface area contributed by atoms with Gasteiger partial charge in [-0.1, -0.05) is 6.07 Å². The summed E-state index contributed by atoms with van der Waals surface area (Å²) in [4.78, 5) is 8.64. The van der Waals surface area contributed by atoms with Crippen LogP contribution in [0.5, 0.6) is 11.5 Å². The van der Waals surface area contributed by atoms with Gasteiger partial charge in [0.2, 0.25) is 0 Å². The van der Waals surface area contributed by atoms with Crippen molar-refractivity contribution < 1.29 is 9.47 Å². The molecule has 3 heterocycles. The Kier molecular flexibility index (Phi) is 4.05. The van der Waals surface area contributed by atoms with Gasteiger partial charge in [0.1, 0.15) is 30.0 Å². The Hall–Kier alpha value is -3.61. The predicted octanol–water partition coefficient (Wildman–Crippen LogP) is 3.12. The van der Waals surface area contributed by atoms with Crippen LogP contribution in [0.3, 0.4) is 0 Å². The number of methoxy groups -OCH3 is 1. The molecule has 0 fully saturated rings. The zero-order valence-corrected chi connectivity index (χ0v) is 15.4. The van der Waals surface area contributed by atoms with E-state index in [-0.39, 0.29) is 0 Å². The molecule has 1 aliphatic heterocycles. The summed E-state index contributed by atoms with van der Waals surface area (Å²) in [5, 5.41) is 4.20. The standard InChI is InChI=1S/C21H19N5O2/c1-27-19-6-5-15(11-16(19)12-25-14-22-13-24-25)21-23-8-9-26(21)18-3-2-4-20-17(18)7-10-28-20/h2-6,8-9,11,13-14H,7,10,12H2,1H3. The van der Waals surface area contributed by atoms with Crippen LogP contribution < -0.4 is 9.47 Å². The van der Waals surface area contributed by atoms with Gasteiger partial charge in [-0.2, -0.15) is 5.10 Å². The predicted molar refractivity (Wildman–Crippen MR) is 104 cm³/mol. The highest BCUT2D eigenvalue weighted by Gasteiger charge is 2.19. The second-order valence-corrected chi connectivity index (χ2v) is 6.59. The van der Waals surface area contributed by atoms with Crippen LogP contribution in [0.15, 0.2) is 61.4 Å². The lowest BCUT2D eigenvalue weighted by Crippen LogP contribution is -2.04. The summed E-state index contributed by atoms with van der Waals surface area (Å²) >= 11 is 0. The lowest BCUT2D eigenvalue weighted by molar-refractivity contribution is 0.357. The van der Waals surface area contributed by atoms with Crippen LogP contribution in [0.1, 0.15) is 11.1 Å². The maximum Gasteiger partial charge on any atom is 0.144 e. The third-order valence-corrected chi connectivity index (χ3v) is 4.96. The van der Waals surface area contributed by atoms with Gasteiger partial charge in [0.15, 0.2) is 0 Å². The molecule has 0 atom stereocenters. The molecule has 7 heteroatoms. The molecular formula is C21H19N5O2. The molecule has 2 aromatic carbocycles. The molecule has 4 aromatic rings. The van der Waals surface area contributed by atoms with Crippen LogP contribution in [0.4, 0.5) is 0 Å². The molecule has 1 aliphatic rings. The first-order valence-electron chi connectivity index (χ1n) is 9.11. The molecule has 0 spiro atoms. The maximum absolute atomic E-state index is 5.72. The van der Waals surface area contributed by atoms with Crippen molar-refractivity contribution in [3.63, 3.8) is 0 Å². The second kappa shape index (κ2) is 6.84. The van der Waals surface area contributed by atoms with Crippen molar-refractivity contribution >= 4 is 0 Å². The zero-order valence-electron chi connectivity index (χ0n) is 15.4. The van der Waals surface area contributed by atoms with E-state index in [1.165, 1.54) is 11.9 Å². The van der Waals surface area contributed by atoms with Crippen molar-refractivity contribution in [3.05, 3.63) is 72.6 Å². The third kappa shape index (κ3) is 2.81. The molecule has 28 heavy (non-hydrogen) atoms. The Balaban J connectivity index is 1.58. The minimum absolute atomic E-state index is 0.576. The number of imidazole rings is 1. The van der Waals surface area contributed by atoms with Gasteiger partial charge >= 0.3 is 0 Å². The lowest BCUT2D eigenvalue weighted by atomic mass is 10.1. The van der Waals surface area contributed by atoms with Crippen LogP contribution in [-0.2, 0) is 13.0 Å². The highest BCUT2D eigenvalue weighted by molar-refractivity contribution is 5.64. The maximum atomic E-state index is 5.72. The number of fused-ring (bicyclic) bond motifs is 1. The number of aromatic nitrogens is 5. The van der Waals surface area contributed by atoms with Crippen LogP contribution in [-0.4, -0.2) is 38.0 Å². The molecular weight excluding hydrogens is 354 g/mol. The molecule has 0 N–H and O–H groups in total. The fraction of sp³-hybridized carbons (Fsp3) is 0.190. The molecule has 0 saturated carbocycles. The van der Waals surface area contributed by atoms with E-state index in [1.54, 1.807) is 18.1 Å². The second-order valence-electron chi connectivity index (χ2n) is 6.59. The van der Waals surface area contributed by atoms with Gasteiger partial charge in [0.05, 0.1) is 25.9 Å². The number of nitrogens with zero attached hydrogens (tertiary/aromatic N) is 5. The van der Waals surface area contributed by atoms with E-state index in [0.29, 0.717) is 6.54 Å². The summed E-state index contributed by atoms with van der Waals surface area (Å²) in [6.45, 7) is 1.30. The van der Waals surface area contributed by atoms with Gasteiger partial charge in [-0.25, -0.2) is 14.6 Å². The summed E-state index contributed by atoms with van der Waals surface area (Å²) in [6, 6.07) is 12.2. The molecule has 0 saturated heterocycles. The Morgan fingerprint density at radius 2 is 2.18 bits per heavy atom. The van der Waals surface area contributed by atoms with E-state index in [4.69, 9.17) is 9.47 Å². The van der Waals surface area contributed by atoms with Crippen molar-refractivity contribution in [2.75, 3.05) is 13.7 Å². The Bertz CT molecular complexity index is 1120. The van der Waals surface area contributed by atoms with Crippen molar-refractivity contribution in [1.29, 1.82) is 0 Å². The topological polar surface area (TPSA) is 67.0 Å². The monoisotopic (exact) mass is 373 g/mol. The molecule has 0 aliphatic carbocycles. The Labute approximate surface area is 162 Å². The Morgan fingerprint density at radius 1 is 1.21 bits per heavy atom. The van der Waals surface area contributed by atoms with Crippen LogP contribution in [0, 0.1) is 0 Å². The normalized spacial score (nSPS) is 12.6. The number of benzene rings is 2. The summed E-state index contributed by atoms with van der Waals surface area (Å²) in [5.74, 6) is 2.65.